The third kappa shape index (κ3) is 2.37. The lowest BCUT2D eigenvalue weighted by molar-refractivity contribution is 0.419. The van der Waals surface area contributed by atoms with Gasteiger partial charge in [-0.05, 0) is 30.0 Å². The quantitative estimate of drug-likeness (QED) is 0.887. The Morgan fingerprint density at radius 1 is 1.21 bits per heavy atom. The highest BCUT2D eigenvalue weighted by atomic mass is 16.5. The lowest BCUT2D eigenvalue weighted by Crippen LogP contribution is -2.15. The van der Waals surface area contributed by atoms with Gasteiger partial charge in [-0.1, -0.05) is 26.8 Å². The number of anilines is 1. The zero-order valence-corrected chi connectivity index (χ0v) is 12.6. The molecule has 0 amide bonds. The highest BCUT2D eigenvalue weighted by Crippen LogP contribution is 2.35. The normalized spacial score (nSPS) is 11.7. The maximum Gasteiger partial charge on any atom is 0.145 e. The zero-order chi connectivity index (χ0) is 14.2. The van der Waals surface area contributed by atoms with E-state index in [0.717, 1.165) is 22.5 Å². The molecule has 0 bridgehead atoms. The molecule has 0 unspecified atom stereocenters. The van der Waals surface area contributed by atoms with Crippen molar-refractivity contribution in [2.75, 3.05) is 19.5 Å². The van der Waals surface area contributed by atoms with Crippen LogP contribution in [0.5, 0.6) is 5.75 Å². The second kappa shape index (κ2) is 4.72. The molecule has 0 saturated heterocycles. The number of nitrogens with one attached hydrogen (secondary N) is 1. The lowest BCUT2D eigenvalue weighted by atomic mass is 9.86. The Morgan fingerprint density at radius 2 is 1.89 bits per heavy atom. The Morgan fingerprint density at radius 3 is 2.42 bits per heavy atom. The zero-order valence-electron chi connectivity index (χ0n) is 12.6. The molecule has 1 N–H and O–H groups in total. The Hall–Kier alpha value is -1.77. The molecule has 0 radical (unpaired) electrons. The van der Waals surface area contributed by atoms with Crippen LogP contribution in [0.3, 0.4) is 0 Å². The van der Waals surface area contributed by atoms with Gasteiger partial charge in [0.15, 0.2) is 0 Å². The first kappa shape index (κ1) is 13.7. The van der Waals surface area contributed by atoms with Gasteiger partial charge in [0, 0.05) is 18.0 Å². The van der Waals surface area contributed by atoms with E-state index in [1.807, 2.05) is 13.1 Å². The summed E-state index contributed by atoms with van der Waals surface area (Å²) in [6, 6.07) is 6.28. The van der Waals surface area contributed by atoms with Crippen LogP contribution in [-0.4, -0.2) is 19.1 Å². The molecule has 0 atom stereocenters. The van der Waals surface area contributed by atoms with Crippen LogP contribution in [0.25, 0.3) is 10.9 Å². The summed E-state index contributed by atoms with van der Waals surface area (Å²) < 4.78 is 5.42. The number of fused-ring (bicyclic) bond motifs is 1. The molecule has 3 nitrogen and oxygen atoms in total. The van der Waals surface area contributed by atoms with Crippen LogP contribution >= 0.6 is 0 Å². The van der Waals surface area contributed by atoms with Crippen LogP contribution in [0.15, 0.2) is 18.2 Å². The third-order valence-electron chi connectivity index (χ3n) is 3.43. The van der Waals surface area contributed by atoms with E-state index in [-0.39, 0.29) is 5.41 Å². The van der Waals surface area contributed by atoms with Gasteiger partial charge in [-0.3, -0.25) is 0 Å². The molecule has 0 fully saturated rings. The molecular weight excluding hydrogens is 236 g/mol. The summed E-state index contributed by atoms with van der Waals surface area (Å²) in [4.78, 5) is 4.76. The minimum absolute atomic E-state index is 0.0506. The topological polar surface area (TPSA) is 34.2 Å². The molecule has 2 aromatic rings. The van der Waals surface area contributed by atoms with Gasteiger partial charge < -0.3 is 10.1 Å². The van der Waals surface area contributed by atoms with Crippen molar-refractivity contribution in [1.82, 2.24) is 4.98 Å². The van der Waals surface area contributed by atoms with Gasteiger partial charge in [0.25, 0.3) is 0 Å². The molecule has 0 saturated carbocycles. The third-order valence-corrected chi connectivity index (χ3v) is 3.43. The van der Waals surface area contributed by atoms with E-state index >= 15 is 0 Å². The van der Waals surface area contributed by atoms with Crippen molar-refractivity contribution in [2.24, 2.45) is 0 Å². The summed E-state index contributed by atoms with van der Waals surface area (Å²) in [6.07, 6.45) is 0. The van der Waals surface area contributed by atoms with E-state index in [0.29, 0.717) is 0 Å². The predicted octanol–water partition coefficient (Wildman–Crippen LogP) is 3.89. The molecule has 0 aliphatic heterocycles. The number of pyridine rings is 1. The SMILES string of the molecule is CNc1nc2c(OC)ccc(C)c2cc1C(C)(C)C. The van der Waals surface area contributed by atoms with E-state index in [1.54, 1.807) is 7.11 Å². The number of rotatable bonds is 2. The van der Waals surface area contributed by atoms with Crippen molar-refractivity contribution >= 4 is 16.7 Å². The summed E-state index contributed by atoms with van der Waals surface area (Å²) in [6.45, 7) is 8.71. The maximum atomic E-state index is 5.42. The predicted molar refractivity (Wildman–Crippen MR) is 81.3 cm³/mol. The van der Waals surface area contributed by atoms with Gasteiger partial charge in [0.2, 0.25) is 0 Å². The first-order chi connectivity index (χ1) is 8.88. The molecule has 19 heavy (non-hydrogen) atoms. The minimum atomic E-state index is 0.0506. The second-order valence-corrected chi connectivity index (χ2v) is 5.87. The molecule has 3 heteroatoms. The molecule has 2 rings (SSSR count). The maximum absolute atomic E-state index is 5.42. The van der Waals surface area contributed by atoms with Crippen LogP contribution in [0.2, 0.25) is 0 Å². The van der Waals surface area contributed by atoms with Gasteiger partial charge in [-0.2, -0.15) is 0 Å². The molecule has 0 aliphatic carbocycles. The number of aryl methyl sites for hydroxylation is 1. The number of hydrogen-bond acceptors (Lipinski definition) is 3. The summed E-state index contributed by atoms with van der Waals surface area (Å²) >= 11 is 0. The molecule has 0 aliphatic rings. The Balaban J connectivity index is 2.85. The number of aromatic nitrogens is 1. The standard InChI is InChI=1S/C16H22N2O/c1-10-7-8-13(19-6)14-11(10)9-12(16(2,3)4)15(17-5)18-14/h7-9H,1-6H3,(H,17,18). The summed E-state index contributed by atoms with van der Waals surface area (Å²) in [5.41, 5.74) is 3.41. The van der Waals surface area contributed by atoms with Gasteiger partial charge in [0.05, 0.1) is 7.11 Å². The fraction of sp³-hybridized carbons (Fsp3) is 0.438. The van der Waals surface area contributed by atoms with Crippen molar-refractivity contribution in [3.63, 3.8) is 0 Å². The number of nitrogens with zero attached hydrogens (tertiary/aromatic N) is 1. The Kier molecular flexibility index (Phi) is 3.40. The van der Waals surface area contributed by atoms with Crippen LogP contribution in [-0.2, 0) is 5.41 Å². The van der Waals surface area contributed by atoms with Crippen LogP contribution in [0.1, 0.15) is 31.9 Å². The molecule has 1 heterocycles. The molecule has 0 spiro atoms. The van der Waals surface area contributed by atoms with E-state index < -0.39 is 0 Å². The average molecular weight is 258 g/mol. The second-order valence-electron chi connectivity index (χ2n) is 5.87. The van der Waals surface area contributed by atoms with Crippen LogP contribution in [0, 0.1) is 6.92 Å². The van der Waals surface area contributed by atoms with Crippen molar-refractivity contribution < 1.29 is 4.74 Å². The van der Waals surface area contributed by atoms with Gasteiger partial charge >= 0.3 is 0 Å². The van der Waals surface area contributed by atoms with Crippen molar-refractivity contribution in [2.45, 2.75) is 33.1 Å². The number of methoxy groups -OCH3 is 1. The Bertz CT molecular complexity index is 612. The smallest absolute Gasteiger partial charge is 0.145 e. The fourth-order valence-electron chi connectivity index (χ4n) is 2.30. The van der Waals surface area contributed by atoms with E-state index in [2.05, 4.69) is 45.1 Å². The molecule has 102 valence electrons. The van der Waals surface area contributed by atoms with Crippen molar-refractivity contribution in [1.29, 1.82) is 0 Å². The lowest BCUT2D eigenvalue weighted by Gasteiger charge is -2.23. The summed E-state index contributed by atoms with van der Waals surface area (Å²) in [7, 11) is 3.59. The average Bonchev–Trinajstić information content (AvgIpc) is 2.37. The molecular formula is C16H22N2O. The number of ether oxygens (including phenoxy) is 1. The summed E-state index contributed by atoms with van der Waals surface area (Å²) in [5, 5.41) is 4.35. The Labute approximate surface area is 115 Å². The first-order valence-corrected chi connectivity index (χ1v) is 6.55. The van der Waals surface area contributed by atoms with Gasteiger partial charge in [-0.25, -0.2) is 4.98 Å². The van der Waals surface area contributed by atoms with Crippen LogP contribution in [0.4, 0.5) is 5.82 Å². The minimum Gasteiger partial charge on any atom is -0.494 e. The highest BCUT2D eigenvalue weighted by molar-refractivity contribution is 5.90. The van der Waals surface area contributed by atoms with Gasteiger partial charge in [0.1, 0.15) is 17.1 Å². The van der Waals surface area contributed by atoms with E-state index in [9.17, 15) is 0 Å². The van der Waals surface area contributed by atoms with Crippen molar-refractivity contribution in [3.8, 4) is 5.75 Å². The van der Waals surface area contributed by atoms with Crippen LogP contribution < -0.4 is 10.1 Å². The summed E-state index contributed by atoms with van der Waals surface area (Å²) in [5.74, 6) is 1.74. The van der Waals surface area contributed by atoms with Crippen molar-refractivity contribution in [3.05, 3.63) is 29.3 Å². The highest BCUT2D eigenvalue weighted by Gasteiger charge is 2.21. The largest absolute Gasteiger partial charge is 0.494 e. The molecule has 1 aromatic heterocycles. The molecule has 1 aromatic carbocycles. The number of benzene rings is 1. The van der Waals surface area contributed by atoms with Gasteiger partial charge in [-0.15, -0.1) is 0 Å². The van der Waals surface area contributed by atoms with E-state index in [1.165, 1.54) is 11.1 Å². The fourth-order valence-corrected chi connectivity index (χ4v) is 2.30. The number of hydrogen-bond donors (Lipinski definition) is 1. The monoisotopic (exact) mass is 258 g/mol. The first-order valence-electron chi connectivity index (χ1n) is 6.55. The van der Waals surface area contributed by atoms with E-state index in [4.69, 9.17) is 9.72 Å².